The zero-order valence-electron chi connectivity index (χ0n) is 23.7. The Kier molecular flexibility index (Phi) is 9.21. The molecule has 13 heteroatoms. The minimum Gasteiger partial charge on any atom is -0.453 e. The summed E-state index contributed by atoms with van der Waals surface area (Å²) in [4.78, 5) is 38.0. The van der Waals surface area contributed by atoms with Crippen molar-refractivity contribution >= 4 is 35.4 Å². The van der Waals surface area contributed by atoms with Crippen molar-refractivity contribution in [3.63, 3.8) is 0 Å². The largest absolute Gasteiger partial charge is 0.453 e. The lowest BCUT2D eigenvalue weighted by atomic mass is 10.00. The summed E-state index contributed by atoms with van der Waals surface area (Å²) >= 11 is 6.22. The van der Waals surface area contributed by atoms with Crippen LogP contribution in [-0.4, -0.2) is 49.1 Å². The van der Waals surface area contributed by atoms with Crippen molar-refractivity contribution in [3.8, 4) is 16.8 Å². The van der Waals surface area contributed by atoms with Crippen molar-refractivity contribution in [1.29, 1.82) is 0 Å². The van der Waals surface area contributed by atoms with E-state index in [1.54, 1.807) is 61.7 Å². The Hall–Kier alpha value is -5.62. The number of benzene rings is 3. The molecule has 0 aliphatic heterocycles. The van der Waals surface area contributed by atoms with Gasteiger partial charge in [0, 0.05) is 29.4 Å². The first-order valence-corrected chi connectivity index (χ1v) is 13.8. The highest BCUT2D eigenvalue weighted by Crippen LogP contribution is 2.24. The molecule has 5 aromatic rings. The minimum atomic E-state index is -0.601. The Labute approximate surface area is 256 Å². The lowest BCUT2D eigenvalue weighted by Crippen LogP contribution is -2.32. The maximum Gasteiger partial charge on any atom is 0.411 e. The van der Waals surface area contributed by atoms with E-state index in [0.717, 1.165) is 5.56 Å². The normalized spacial score (nSPS) is 11.7. The van der Waals surface area contributed by atoms with Crippen LogP contribution in [0.4, 0.5) is 10.5 Å². The molecule has 0 aliphatic rings. The van der Waals surface area contributed by atoms with Gasteiger partial charge in [0.1, 0.15) is 6.33 Å². The molecule has 0 unspecified atom stereocenters. The number of amides is 2. The number of carbonyl (C=O) groups excluding carboxylic acids is 2. The van der Waals surface area contributed by atoms with Crippen LogP contribution in [0.5, 0.6) is 0 Å². The van der Waals surface area contributed by atoms with Crippen LogP contribution in [0.25, 0.3) is 22.9 Å². The standard InChI is InChI=1S/C31H27ClN8O4/c1-39-30(42)25(21-8-12-24(13-9-21)34-31(43)44-2)18-27(36-39)26(16-20-6-4-3-5-7-20)35-29(41)15-10-22-17-23(32)11-14-28(22)40-19-33-37-38-40/h3-15,17-19,26H,16H2,1-2H3,(H,34,43)(H,35,41)/t26-/m0/s1. The van der Waals surface area contributed by atoms with Gasteiger partial charge in [-0.1, -0.05) is 54.1 Å². The fraction of sp³-hybridized carbons (Fsp3) is 0.129. The molecule has 2 heterocycles. The van der Waals surface area contributed by atoms with Crippen LogP contribution in [0, 0.1) is 0 Å². The molecule has 2 amide bonds. The monoisotopic (exact) mass is 610 g/mol. The first-order valence-electron chi connectivity index (χ1n) is 13.4. The third kappa shape index (κ3) is 7.23. The number of anilines is 1. The van der Waals surface area contributed by atoms with Gasteiger partial charge in [0.2, 0.25) is 5.91 Å². The van der Waals surface area contributed by atoms with Gasteiger partial charge in [-0.15, -0.1) is 5.10 Å². The van der Waals surface area contributed by atoms with Crippen LogP contribution in [-0.2, 0) is 23.0 Å². The molecule has 0 radical (unpaired) electrons. The SMILES string of the molecule is COC(=O)Nc1ccc(-c2cc([C@H](Cc3ccccc3)NC(=O)C=Cc3cc(Cl)ccc3-n3cnnn3)nn(C)c2=O)cc1. The summed E-state index contributed by atoms with van der Waals surface area (Å²) in [6, 6.07) is 22.7. The van der Waals surface area contributed by atoms with E-state index in [2.05, 4.69) is 36.0 Å². The lowest BCUT2D eigenvalue weighted by Gasteiger charge is -2.19. The number of rotatable bonds is 9. The number of aromatic nitrogens is 6. The first kappa shape index (κ1) is 29.9. The summed E-state index contributed by atoms with van der Waals surface area (Å²) in [6.45, 7) is 0. The number of nitrogens with one attached hydrogen (secondary N) is 2. The van der Waals surface area contributed by atoms with E-state index < -0.39 is 12.1 Å². The molecular formula is C31H27ClN8O4. The molecule has 2 N–H and O–H groups in total. The molecule has 0 bridgehead atoms. The number of nitrogens with zero attached hydrogens (tertiary/aromatic N) is 6. The van der Waals surface area contributed by atoms with Gasteiger partial charge in [-0.25, -0.2) is 9.48 Å². The number of ether oxygens (including phenoxy) is 1. The Morgan fingerprint density at radius 3 is 2.52 bits per heavy atom. The molecule has 0 saturated heterocycles. The summed E-state index contributed by atoms with van der Waals surface area (Å²) in [5.41, 5.74) is 3.92. The van der Waals surface area contributed by atoms with E-state index >= 15 is 0 Å². The molecule has 12 nitrogen and oxygen atoms in total. The van der Waals surface area contributed by atoms with Crippen molar-refractivity contribution < 1.29 is 14.3 Å². The molecular weight excluding hydrogens is 584 g/mol. The van der Waals surface area contributed by atoms with Crippen LogP contribution in [0.3, 0.4) is 0 Å². The molecule has 5 rings (SSSR count). The summed E-state index contributed by atoms with van der Waals surface area (Å²) < 4.78 is 7.35. The van der Waals surface area contributed by atoms with Gasteiger partial charge in [-0.3, -0.25) is 14.9 Å². The highest BCUT2D eigenvalue weighted by Gasteiger charge is 2.20. The Balaban J connectivity index is 1.46. The highest BCUT2D eigenvalue weighted by molar-refractivity contribution is 6.30. The second kappa shape index (κ2) is 13.6. The van der Waals surface area contributed by atoms with Crippen molar-refractivity contribution in [2.24, 2.45) is 7.05 Å². The van der Waals surface area contributed by atoms with E-state index in [1.807, 2.05) is 30.3 Å². The summed E-state index contributed by atoms with van der Waals surface area (Å²) in [6.07, 6.45) is 4.28. The molecule has 2 aromatic heterocycles. The van der Waals surface area contributed by atoms with Gasteiger partial charge >= 0.3 is 6.09 Å². The van der Waals surface area contributed by atoms with Crippen LogP contribution < -0.4 is 16.2 Å². The van der Waals surface area contributed by atoms with Gasteiger partial charge in [0.25, 0.3) is 5.56 Å². The van der Waals surface area contributed by atoms with Crippen molar-refractivity contribution in [2.45, 2.75) is 12.5 Å². The molecule has 3 aromatic carbocycles. The fourth-order valence-electron chi connectivity index (χ4n) is 4.51. The molecule has 0 fully saturated rings. The minimum absolute atomic E-state index is 0.316. The Morgan fingerprint density at radius 1 is 1.05 bits per heavy atom. The smallest absolute Gasteiger partial charge is 0.411 e. The van der Waals surface area contributed by atoms with Crippen molar-refractivity contribution in [3.05, 3.63) is 123 Å². The third-order valence-electron chi connectivity index (χ3n) is 6.67. The average Bonchev–Trinajstić information content (AvgIpc) is 3.57. The van der Waals surface area contributed by atoms with Crippen LogP contribution >= 0.6 is 11.6 Å². The van der Waals surface area contributed by atoms with Crippen LogP contribution in [0.1, 0.15) is 22.9 Å². The summed E-state index contributed by atoms with van der Waals surface area (Å²) in [5.74, 6) is -0.385. The summed E-state index contributed by atoms with van der Waals surface area (Å²) in [5, 5.41) is 21.9. The number of aryl methyl sites for hydroxylation is 1. The number of hydrogen-bond acceptors (Lipinski definition) is 8. The van der Waals surface area contributed by atoms with Crippen molar-refractivity contribution in [1.82, 2.24) is 35.3 Å². The molecule has 0 spiro atoms. The molecule has 44 heavy (non-hydrogen) atoms. The molecule has 0 saturated carbocycles. The predicted molar refractivity (Wildman–Crippen MR) is 165 cm³/mol. The lowest BCUT2D eigenvalue weighted by molar-refractivity contribution is -0.117. The topological polar surface area (TPSA) is 146 Å². The Morgan fingerprint density at radius 2 is 1.82 bits per heavy atom. The quantitative estimate of drug-likeness (QED) is 0.234. The number of halogens is 1. The first-order chi connectivity index (χ1) is 21.3. The zero-order chi connectivity index (χ0) is 31.1. The Bertz CT molecular complexity index is 1860. The third-order valence-corrected chi connectivity index (χ3v) is 6.90. The van der Waals surface area contributed by atoms with Crippen LogP contribution in [0.15, 0.2) is 96.1 Å². The predicted octanol–water partition coefficient (Wildman–Crippen LogP) is 4.37. The van der Waals surface area contributed by atoms with Gasteiger partial charge in [0.05, 0.1) is 30.1 Å². The molecule has 222 valence electrons. The van der Waals surface area contributed by atoms with E-state index in [0.29, 0.717) is 45.2 Å². The second-order valence-corrected chi connectivity index (χ2v) is 10.1. The molecule has 1 atom stereocenters. The second-order valence-electron chi connectivity index (χ2n) is 9.65. The van der Waals surface area contributed by atoms with Crippen molar-refractivity contribution in [2.75, 3.05) is 12.4 Å². The van der Waals surface area contributed by atoms with E-state index in [-0.39, 0.29) is 11.5 Å². The number of methoxy groups -OCH3 is 1. The molecule has 0 aliphatic carbocycles. The van der Waals surface area contributed by atoms with Gasteiger partial charge in [-0.05, 0) is 70.4 Å². The fourth-order valence-corrected chi connectivity index (χ4v) is 4.69. The maximum absolute atomic E-state index is 13.3. The van der Waals surface area contributed by atoms with E-state index in [1.165, 1.54) is 28.9 Å². The zero-order valence-corrected chi connectivity index (χ0v) is 24.5. The number of hydrogen-bond donors (Lipinski definition) is 2. The van der Waals surface area contributed by atoms with Crippen LogP contribution in [0.2, 0.25) is 5.02 Å². The number of tetrazole rings is 1. The maximum atomic E-state index is 13.3. The van der Waals surface area contributed by atoms with Gasteiger partial charge in [-0.2, -0.15) is 9.78 Å². The van der Waals surface area contributed by atoms with E-state index in [9.17, 15) is 14.4 Å². The van der Waals surface area contributed by atoms with E-state index in [4.69, 9.17) is 11.6 Å². The highest BCUT2D eigenvalue weighted by atomic mass is 35.5. The van der Waals surface area contributed by atoms with Gasteiger partial charge in [0.15, 0.2) is 0 Å². The van der Waals surface area contributed by atoms with Gasteiger partial charge < -0.3 is 10.1 Å². The summed E-state index contributed by atoms with van der Waals surface area (Å²) in [7, 11) is 2.83. The average molecular weight is 611 g/mol. The number of carbonyl (C=O) groups is 2.